The maximum atomic E-state index is 12.6. The number of nitrogens with zero attached hydrogens (tertiary/aromatic N) is 1. The zero-order valence-corrected chi connectivity index (χ0v) is 14.2. The van der Waals surface area contributed by atoms with Crippen molar-refractivity contribution in [1.82, 2.24) is 9.88 Å². The fraction of sp³-hybridized carbons (Fsp3) is 0.211. The molecule has 0 saturated heterocycles. The number of halogens is 1. The van der Waals surface area contributed by atoms with Crippen molar-refractivity contribution >= 4 is 28.4 Å². The number of amides is 1. The highest BCUT2D eigenvalue weighted by atomic mass is 35.5. The standard InChI is InChI=1S/C19H17ClN2O2/c1-3-22-14-6-4-10(2)8-12(14)16-17(21-19(24)18(16)22)11-5-7-15(23)13(20)9-11/h4-9,17,23H,3H2,1-2H3,(H,21,24). The summed E-state index contributed by atoms with van der Waals surface area (Å²) in [6, 6.07) is 11.1. The van der Waals surface area contributed by atoms with Crippen molar-refractivity contribution in [3.8, 4) is 5.75 Å². The predicted molar refractivity (Wildman–Crippen MR) is 94.8 cm³/mol. The molecule has 24 heavy (non-hydrogen) atoms. The van der Waals surface area contributed by atoms with Gasteiger partial charge in [-0.3, -0.25) is 4.79 Å². The number of aryl methyl sites for hydroxylation is 2. The summed E-state index contributed by atoms with van der Waals surface area (Å²) in [6.07, 6.45) is 0. The number of rotatable bonds is 2. The molecule has 2 heterocycles. The van der Waals surface area contributed by atoms with Gasteiger partial charge in [0.2, 0.25) is 0 Å². The van der Waals surface area contributed by atoms with Crippen LogP contribution in [0.2, 0.25) is 5.02 Å². The van der Waals surface area contributed by atoms with Crippen LogP contribution < -0.4 is 5.32 Å². The van der Waals surface area contributed by atoms with Gasteiger partial charge in [-0.05, 0) is 43.7 Å². The molecule has 4 rings (SSSR count). The Morgan fingerprint density at radius 3 is 2.75 bits per heavy atom. The topological polar surface area (TPSA) is 54.3 Å². The molecule has 1 amide bonds. The normalized spacial score (nSPS) is 16.5. The van der Waals surface area contributed by atoms with Crippen LogP contribution in [0.1, 0.15) is 40.1 Å². The van der Waals surface area contributed by atoms with Gasteiger partial charge >= 0.3 is 0 Å². The minimum Gasteiger partial charge on any atom is -0.506 e. The number of nitrogens with one attached hydrogen (secondary N) is 1. The Kier molecular flexibility index (Phi) is 3.32. The van der Waals surface area contributed by atoms with E-state index in [0.717, 1.165) is 34.1 Å². The highest BCUT2D eigenvalue weighted by molar-refractivity contribution is 6.32. The van der Waals surface area contributed by atoms with Gasteiger partial charge in [-0.25, -0.2) is 0 Å². The number of carbonyl (C=O) groups excluding carboxylic acids is 1. The third-order valence-electron chi connectivity index (χ3n) is 4.66. The summed E-state index contributed by atoms with van der Waals surface area (Å²) < 4.78 is 2.06. The van der Waals surface area contributed by atoms with Crippen LogP contribution in [0.3, 0.4) is 0 Å². The predicted octanol–water partition coefficient (Wildman–Crippen LogP) is 4.16. The number of aromatic nitrogens is 1. The third-order valence-corrected chi connectivity index (χ3v) is 4.96. The molecule has 0 bridgehead atoms. The molecule has 3 aromatic rings. The summed E-state index contributed by atoms with van der Waals surface area (Å²) in [7, 11) is 0. The summed E-state index contributed by atoms with van der Waals surface area (Å²) in [5, 5.41) is 14.1. The zero-order chi connectivity index (χ0) is 17.0. The number of fused-ring (bicyclic) bond motifs is 3. The molecule has 5 heteroatoms. The van der Waals surface area contributed by atoms with E-state index in [-0.39, 0.29) is 22.7 Å². The molecule has 2 aromatic carbocycles. The molecule has 122 valence electrons. The molecule has 1 atom stereocenters. The Morgan fingerprint density at radius 1 is 1.25 bits per heavy atom. The van der Waals surface area contributed by atoms with Gasteiger partial charge in [-0.1, -0.05) is 29.3 Å². The number of carbonyl (C=O) groups is 1. The maximum absolute atomic E-state index is 12.6. The Labute approximate surface area is 144 Å². The van der Waals surface area contributed by atoms with E-state index in [1.165, 1.54) is 0 Å². The van der Waals surface area contributed by atoms with Crippen LogP contribution in [0.15, 0.2) is 36.4 Å². The molecule has 1 aliphatic rings. The number of hydrogen-bond donors (Lipinski definition) is 2. The van der Waals surface area contributed by atoms with Crippen LogP contribution in [0, 0.1) is 6.92 Å². The fourth-order valence-electron chi connectivity index (χ4n) is 3.58. The van der Waals surface area contributed by atoms with Crippen molar-refractivity contribution in [2.75, 3.05) is 0 Å². The first kappa shape index (κ1) is 15.1. The van der Waals surface area contributed by atoms with Crippen LogP contribution in [0.25, 0.3) is 10.9 Å². The Hall–Kier alpha value is -2.46. The lowest BCUT2D eigenvalue weighted by atomic mass is 9.98. The van der Waals surface area contributed by atoms with Gasteiger partial charge in [0, 0.05) is 23.0 Å². The van der Waals surface area contributed by atoms with Crippen molar-refractivity contribution < 1.29 is 9.90 Å². The van der Waals surface area contributed by atoms with E-state index in [1.807, 2.05) is 13.8 Å². The molecular formula is C19H17ClN2O2. The summed E-state index contributed by atoms with van der Waals surface area (Å²) in [5.74, 6) is -0.0355. The number of phenolic OH excluding ortho intramolecular Hbond substituents is 1. The second-order valence-electron chi connectivity index (χ2n) is 6.14. The lowest BCUT2D eigenvalue weighted by molar-refractivity contribution is 0.0952. The zero-order valence-electron chi connectivity index (χ0n) is 13.4. The molecule has 0 radical (unpaired) electrons. The van der Waals surface area contributed by atoms with E-state index in [2.05, 4.69) is 28.1 Å². The minimum absolute atomic E-state index is 0.0387. The summed E-state index contributed by atoms with van der Waals surface area (Å²) in [5.41, 5.74) is 4.79. The molecule has 1 aliphatic heterocycles. The van der Waals surface area contributed by atoms with E-state index in [9.17, 15) is 9.90 Å². The Morgan fingerprint density at radius 2 is 2.04 bits per heavy atom. The van der Waals surface area contributed by atoms with Gasteiger partial charge in [0.15, 0.2) is 0 Å². The number of aromatic hydroxyl groups is 1. The smallest absolute Gasteiger partial charge is 0.269 e. The molecule has 0 fully saturated rings. The van der Waals surface area contributed by atoms with Crippen LogP contribution >= 0.6 is 11.6 Å². The Balaban J connectivity index is 2.00. The molecule has 0 aliphatic carbocycles. The first-order valence-electron chi connectivity index (χ1n) is 7.93. The lowest BCUT2D eigenvalue weighted by Gasteiger charge is -2.13. The molecular weight excluding hydrogens is 324 g/mol. The fourth-order valence-corrected chi connectivity index (χ4v) is 3.77. The van der Waals surface area contributed by atoms with Gasteiger partial charge in [0.1, 0.15) is 11.4 Å². The van der Waals surface area contributed by atoms with Crippen molar-refractivity contribution in [2.24, 2.45) is 0 Å². The number of hydrogen-bond acceptors (Lipinski definition) is 2. The second-order valence-corrected chi connectivity index (χ2v) is 6.55. The van der Waals surface area contributed by atoms with E-state index < -0.39 is 0 Å². The quantitative estimate of drug-likeness (QED) is 0.736. The van der Waals surface area contributed by atoms with Crippen molar-refractivity contribution in [1.29, 1.82) is 0 Å². The Bertz CT molecular complexity index is 991. The van der Waals surface area contributed by atoms with E-state index >= 15 is 0 Å². The van der Waals surface area contributed by atoms with Crippen LogP contribution in [-0.2, 0) is 6.54 Å². The number of benzene rings is 2. The van der Waals surface area contributed by atoms with Crippen molar-refractivity contribution in [2.45, 2.75) is 26.4 Å². The largest absolute Gasteiger partial charge is 0.506 e. The highest BCUT2D eigenvalue weighted by Crippen LogP contribution is 2.40. The average molecular weight is 341 g/mol. The van der Waals surface area contributed by atoms with Crippen LogP contribution in [0.4, 0.5) is 0 Å². The van der Waals surface area contributed by atoms with Gasteiger partial charge in [-0.2, -0.15) is 0 Å². The maximum Gasteiger partial charge on any atom is 0.269 e. The highest BCUT2D eigenvalue weighted by Gasteiger charge is 2.36. The molecule has 0 saturated carbocycles. The third kappa shape index (κ3) is 2.03. The minimum atomic E-state index is -0.261. The van der Waals surface area contributed by atoms with Crippen LogP contribution in [0.5, 0.6) is 5.75 Å². The molecule has 2 N–H and O–H groups in total. The molecule has 1 aromatic heterocycles. The van der Waals surface area contributed by atoms with Gasteiger partial charge in [0.25, 0.3) is 5.91 Å². The van der Waals surface area contributed by atoms with Crippen LogP contribution in [-0.4, -0.2) is 15.6 Å². The van der Waals surface area contributed by atoms with Crippen molar-refractivity contribution in [3.63, 3.8) is 0 Å². The summed E-state index contributed by atoms with van der Waals surface area (Å²) in [4.78, 5) is 12.6. The monoisotopic (exact) mass is 340 g/mol. The first-order chi connectivity index (χ1) is 11.5. The number of phenols is 1. The van der Waals surface area contributed by atoms with Crippen molar-refractivity contribution in [3.05, 3.63) is 63.8 Å². The van der Waals surface area contributed by atoms with Gasteiger partial charge < -0.3 is 15.0 Å². The summed E-state index contributed by atoms with van der Waals surface area (Å²) >= 11 is 6.06. The van der Waals surface area contributed by atoms with E-state index in [1.54, 1.807) is 18.2 Å². The average Bonchev–Trinajstić information content (AvgIpc) is 3.05. The lowest BCUT2D eigenvalue weighted by Crippen LogP contribution is -2.22. The van der Waals surface area contributed by atoms with E-state index in [0.29, 0.717) is 5.69 Å². The second kappa shape index (κ2) is 5.28. The summed E-state index contributed by atoms with van der Waals surface area (Å²) in [6.45, 7) is 4.81. The molecule has 4 nitrogen and oxygen atoms in total. The molecule has 0 spiro atoms. The van der Waals surface area contributed by atoms with Gasteiger partial charge in [-0.15, -0.1) is 0 Å². The SMILES string of the molecule is CCn1c2c(c3cc(C)ccc31)C(c1ccc(O)c(Cl)c1)NC2=O. The van der Waals surface area contributed by atoms with Gasteiger partial charge in [0.05, 0.1) is 11.1 Å². The molecule has 1 unspecified atom stereocenters. The first-order valence-corrected chi connectivity index (χ1v) is 8.31. The van der Waals surface area contributed by atoms with E-state index in [4.69, 9.17) is 11.6 Å².